The summed E-state index contributed by atoms with van der Waals surface area (Å²) in [6.45, 7) is 10.4. The van der Waals surface area contributed by atoms with Crippen LogP contribution in [0.3, 0.4) is 0 Å². The molecule has 1 amide bonds. The minimum absolute atomic E-state index is 0.103. The summed E-state index contributed by atoms with van der Waals surface area (Å²) in [7, 11) is 0. The van der Waals surface area contributed by atoms with Crippen LogP contribution in [0.4, 0.5) is 4.79 Å². The van der Waals surface area contributed by atoms with E-state index in [-0.39, 0.29) is 17.6 Å². The van der Waals surface area contributed by atoms with E-state index >= 15 is 0 Å². The maximum Gasteiger partial charge on any atom is 0.407 e. The lowest BCUT2D eigenvalue weighted by molar-refractivity contribution is 0.0516. The van der Waals surface area contributed by atoms with Crippen LogP contribution in [-0.2, 0) is 4.74 Å². The summed E-state index contributed by atoms with van der Waals surface area (Å²) < 4.78 is 5.18. The van der Waals surface area contributed by atoms with Gasteiger partial charge in [0.25, 0.3) is 0 Å². The molecule has 0 aromatic heterocycles. The Labute approximate surface area is 91.5 Å². The molecule has 0 bridgehead atoms. The van der Waals surface area contributed by atoms with Gasteiger partial charge in [0, 0.05) is 6.04 Å². The summed E-state index contributed by atoms with van der Waals surface area (Å²) >= 11 is 0. The first-order valence-corrected chi connectivity index (χ1v) is 5.38. The lowest BCUT2D eigenvalue weighted by atomic mass is 10.1. The Morgan fingerprint density at radius 1 is 1.47 bits per heavy atom. The highest BCUT2D eigenvalue weighted by Gasteiger charge is 2.57. The molecule has 1 aliphatic carbocycles. The zero-order valence-corrected chi connectivity index (χ0v) is 10.3. The quantitative estimate of drug-likeness (QED) is 0.732. The molecule has 15 heavy (non-hydrogen) atoms. The molecule has 1 fully saturated rings. The van der Waals surface area contributed by atoms with Crippen molar-refractivity contribution in [2.24, 2.45) is 17.1 Å². The molecule has 0 radical (unpaired) electrons. The fourth-order valence-corrected chi connectivity index (χ4v) is 1.91. The Morgan fingerprint density at radius 3 is 2.33 bits per heavy atom. The molecule has 1 saturated carbocycles. The van der Waals surface area contributed by atoms with Crippen molar-refractivity contribution in [3.05, 3.63) is 0 Å². The van der Waals surface area contributed by atoms with Gasteiger partial charge >= 0.3 is 6.09 Å². The van der Waals surface area contributed by atoms with Crippen LogP contribution in [0.15, 0.2) is 0 Å². The molecular formula is C11H22N2O2. The fraction of sp³-hybridized carbons (Fsp3) is 0.909. The van der Waals surface area contributed by atoms with Gasteiger partial charge in [-0.3, -0.25) is 0 Å². The van der Waals surface area contributed by atoms with Crippen molar-refractivity contribution >= 4 is 6.09 Å². The molecule has 0 aromatic carbocycles. The molecular weight excluding hydrogens is 192 g/mol. The van der Waals surface area contributed by atoms with Crippen LogP contribution in [0.25, 0.3) is 0 Å². The van der Waals surface area contributed by atoms with Gasteiger partial charge in [0.15, 0.2) is 0 Å². The maximum atomic E-state index is 11.5. The number of nitrogens with two attached hydrogens (primary N) is 1. The second kappa shape index (κ2) is 3.67. The van der Waals surface area contributed by atoms with E-state index in [1.807, 2.05) is 20.8 Å². The van der Waals surface area contributed by atoms with Gasteiger partial charge < -0.3 is 15.8 Å². The van der Waals surface area contributed by atoms with Crippen molar-refractivity contribution in [1.82, 2.24) is 5.32 Å². The van der Waals surface area contributed by atoms with Crippen molar-refractivity contribution in [2.45, 2.75) is 46.3 Å². The zero-order valence-electron chi connectivity index (χ0n) is 10.3. The van der Waals surface area contributed by atoms with Gasteiger partial charge in [0.1, 0.15) is 5.60 Å². The summed E-state index contributed by atoms with van der Waals surface area (Å²) in [6.07, 6.45) is -0.350. The van der Waals surface area contributed by atoms with Crippen molar-refractivity contribution in [3.63, 3.8) is 0 Å². The van der Waals surface area contributed by atoms with Crippen LogP contribution in [-0.4, -0.2) is 24.3 Å². The van der Waals surface area contributed by atoms with E-state index < -0.39 is 5.60 Å². The van der Waals surface area contributed by atoms with Crippen LogP contribution in [0.2, 0.25) is 0 Å². The Kier molecular flexibility index (Phi) is 3.01. The van der Waals surface area contributed by atoms with Crippen LogP contribution in [0.5, 0.6) is 0 Å². The van der Waals surface area contributed by atoms with Crippen LogP contribution in [0, 0.1) is 11.3 Å². The van der Waals surface area contributed by atoms with Gasteiger partial charge in [0.05, 0.1) is 0 Å². The molecule has 0 unspecified atom stereocenters. The number of hydrogen-bond acceptors (Lipinski definition) is 3. The van der Waals surface area contributed by atoms with Crippen LogP contribution in [0.1, 0.15) is 34.6 Å². The lowest BCUT2D eigenvalue weighted by Crippen LogP contribution is -2.35. The Hall–Kier alpha value is -0.770. The Balaban J connectivity index is 2.42. The summed E-state index contributed by atoms with van der Waals surface area (Å²) in [5, 5.41) is 2.86. The number of alkyl carbamates (subject to hydrolysis) is 1. The van der Waals surface area contributed by atoms with Crippen LogP contribution >= 0.6 is 0 Å². The first kappa shape index (κ1) is 12.3. The highest BCUT2D eigenvalue weighted by Crippen LogP contribution is 2.51. The van der Waals surface area contributed by atoms with Gasteiger partial charge in [-0.25, -0.2) is 4.79 Å². The maximum absolute atomic E-state index is 11.5. The third-order valence-corrected chi connectivity index (χ3v) is 2.98. The minimum Gasteiger partial charge on any atom is -0.444 e. The van der Waals surface area contributed by atoms with E-state index in [1.165, 1.54) is 0 Å². The van der Waals surface area contributed by atoms with Gasteiger partial charge in [-0.1, -0.05) is 13.8 Å². The Bertz CT molecular complexity index is 256. The third-order valence-electron chi connectivity index (χ3n) is 2.98. The first-order chi connectivity index (χ1) is 6.68. The van der Waals surface area contributed by atoms with Gasteiger partial charge in [0.2, 0.25) is 0 Å². The number of ether oxygens (including phenoxy) is 1. The van der Waals surface area contributed by atoms with Gasteiger partial charge in [-0.15, -0.1) is 0 Å². The highest BCUT2D eigenvalue weighted by atomic mass is 16.6. The summed E-state index contributed by atoms with van der Waals surface area (Å²) in [4.78, 5) is 11.5. The van der Waals surface area contributed by atoms with Gasteiger partial charge in [-0.2, -0.15) is 0 Å². The van der Waals surface area contributed by atoms with E-state index in [4.69, 9.17) is 10.5 Å². The molecule has 88 valence electrons. The number of rotatable bonds is 2. The smallest absolute Gasteiger partial charge is 0.407 e. The topological polar surface area (TPSA) is 64.3 Å². The average molecular weight is 214 g/mol. The SMILES string of the molecule is CC(C)(C)OC(=O)N[C@@H]1[C@H](CN)C1(C)C. The fourth-order valence-electron chi connectivity index (χ4n) is 1.91. The zero-order chi connectivity index (χ0) is 11.9. The molecule has 0 spiro atoms. The number of nitrogens with one attached hydrogen (secondary N) is 1. The predicted octanol–water partition coefficient (Wildman–Crippen LogP) is 1.49. The van der Waals surface area contributed by atoms with Crippen molar-refractivity contribution in [1.29, 1.82) is 0 Å². The largest absolute Gasteiger partial charge is 0.444 e. The number of carbonyl (C=O) groups is 1. The van der Waals surface area contributed by atoms with Crippen molar-refractivity contribution < 1.29 is 9.53 Å². The monoisotopic (exact) mass is 214 g/mol. The molecule has 1 aliphatic rings. The molecule has 3 N–H and O–H groups in total. The van der Waals surface area contributed by atoms with E-state index in [0.717, 1.165) is 0 Å². The normalized spacial score (nSPS) is 28.4. The van der Waals surface area contributed by atoms with E-state index in [2.05, 4.69) is 19.2 Å². The molecule has 0 aromatic rings. The molecule has 2 atom stereocenters. The van der Waals surface area contributed by atoms with Crippen molar-refractivity contribution in [3.8, 4) is 0 Å². The van der Waals surface area contributed by atoms with Crippen LogP contribution < -0.4 is 11.1 Å². The highest BCUT2D eigenvalue weighted by molar-refractivity contribution is 5.69. The minimum atomic E-state index is -0.443. The number of hydrogen-bond donors (Lipinski definition) is 2. The van der Waals surface area contributed by atoms with E-state index in [9.17, 15) is 4.79 Å². The first-order valence-electron chi connectivity index (χ1n) is 5.38. The second-order valence-corrected chi connectivity index (χ2v) is 5.79. The lowest BCUT2D eigenvalue weighted by Gasteiger charge is -2.20. The molecule has 0 aliphatic heterocycles. The standard InChI is InChI=1S/C11H22N2O2/c1-10(2,3)15-9(14)13-8-7(6-12)11(8,4)5/h7-8H,6,12H2,1-5H3,(H,13,14)/t7-,8+/m0/s1. The summed E-state index contributed by atoms with van der Waals surface area (Å²) in [5.41, 5.74) is 5.27. The second-order valence-electron chi connectivity index (χ2n) is 5.79. The average Bonchev–Trinajstić information content (AvgIpc) is 2.48. The summed E-state index contributed by atoms with van der Waals surface area (Å²) in [6, 6.07) is 0.150. The molecule has 0 heterocycles. The molecule has 4 nitrogen and oxygen atoms in total. The summed E-state index contributed by atoms with van der Waals surface area (Å²) in [5.74, 6) is 0.366. The number of amides is 1. The van der Waals surface area contributed by atoms with E-state index in [0.29, 0.717) is 12.5 Å². The van der Waals surface area contributed by atoms with Crippen molar-refractivity contribution in [2.75, 3.05) is 6.54 Å². The van der Waals surface area contributed by atoms with Gasteiger partial charge in [-0.05, 0) is 38.6 Å². The molecule has 1 rings (SSSR count). The Morgan fingerprint density at radius 2 is 2.00 bits per heavy atom. The number of carbonyl (C=O) groups excluding carboxylic acids is 1. The van der Waals surface area contributed by atoms with E-state index in [1.54, 1.807) is 0 Å². The third kappa shape index (κ3) is 2.84. The molecule has 4 heteroatoms. The molecule has 0 saturated heterocycles. The predicted molar refractivity (Wildman–Crippen MR) is 59.5 cm³/mol.